The lowest BCUT2D eigenvalue weighted by Gasteiger charge is -2.26. The van der Waals surface area contributed by atoms with E-state index in [0.29, 0.717) is 13.1 Å². The van der Waals surface area contributed by atoms with Gasteiger partial charge in [0.05, 0.1) is 6.54 Å². The van der Waals surface area contributed by atoms with Crippen LogP contribution in [-0.2, 0) is 29.0 Å². The summed E-state index contributed by atoms with van der Waals surface area (Å²) < 4.78 is 7.42. The molecule has 1 amide bonds. The SMILES string of the molecule is Cc1ccc2c(c1)c1c(n2CC(=O)O)CCCN(C(=O)OC(C)(C)C)C1. The highest BCUT2D eigenvalue weighted by molar-refractivity contribution is 5.88. The first kappa shape index (κ1) is 18.3. The third kappa shape index (κ3) is 3.69. The highest BCUT2D eigenvalue weighted by Crippen LogP contribution is 2.32. The number of carbonyl (C=O) groups excluding carboxylic acids is 1. The van der Waals surface area contributed by atoms with Crippen LogP contribution in [0.25, 0.3) is 10.9 Å². The van der Waals surface area contributed by atoms with Crippen LogP contribution < -0.4 is 0 Å². The molecule has 0 saturated carbocycles. The van der Waals surface area contributed by atoms with Crippen LogP contribution in [-0.4, -0.2) is 38.8 Å². The molecule has 6 heteroatoms. The maximum absolute atomic E-state index is 12.6. The summed E-state index contributed by atoms with van der Waals surface area (Å²) in [6, 6.07) is 6.04. The summed E-state index contributed by atoms with van der Waals surface area (Å²) in [6.07, 6.45) is 1.20. The van der Waals surface area contributed by atoms with Gasteiger partial charge in [0.25, 0.3) is 0 Å². The number of rotatable bonds is 2. The van der Waals surface area contributed by atoms with Crippen LogP contribution in [0.4, 0.5) is 4.79 Å². The first-order chi connectivity index (χ1) is 12.2. The van der Waals surface area contributed by atoms with Crippen molar-refractivity contribution in [2.75, 3.05) is 6.54 Å². The number of carboxylic acid groups (broad SMARTS) is 1. The average molecular weight is 358 g/mol. The van der Waals surface area contributed by atoms with E-state index in [4.69, 9.17) is 4.74 Å². The van der Waals surface area contributed by atoms with Crippen LogP contribution in [0, 0.1) is 6.92 Å². The lowest BCUT2D eigenvalue weighted by molar-refractivity contribution is -0.137. The second-order valence-corrected chi connectivity index (χ2v) is 7.93. The summed E-state index contributed by atoms with van der Waals surface area (Å²) in [5.41, 5.74) is 3.53. The van der Waals surface area contributed by atoms with Gasteiger partial charge in [0, 0.05) is 28.7 Å². The number of carboxylic acids is 1. The van der Waals surface area contributed by atoms with Crippen molar-refractivity contribution in [1.29, 1.82) is 0 Å². The normalized spacial score (nSPS) is 14.8. The number of ether oxygens (including phenoxy) is 1. The van der Waals surface area contributed by atoms with E-state index < -0.39 is 11.6 Å². The van der Waals surface area contributed by atoms with Gasteiger partial charge >= 0.3 is 12.1 Å². The van der Waals surface area contributed by atoms with Gasteiger partial charge in [0.2, 0.25) is 0 Å². The van der Waals surface area contributed by atoms with Crippen LogP contribution in [0.15, 0.2) is 18.2 Å². The highest BCUT2D eigenvalue weighted by atomic mass is 16.6. The number of benzene rings is 1. The average Bonchev–Trinajstić information content (AvgIpc) is 2.68. The van der Waals surface area contributed by atoms with Gasteiger partial charge in [-0.15, -0.1) is 0 Å². The molecule has 0 fully saturated rings. The Hall–Kier alpha value is -2.50. The van der Waals surface area contributed by atoms with Gasteiger partial charge in [-0.1, -0.05) is 11.6 Å². The van der Waals surface area contributed by atoms with Gasteiger partial charge in [0.1, 0.15) is 12.1 Å². The molecule has 140 valence electrons. The second kappa shape index (κ2) is 6.67. The molecule has 0 saturated heterocycles. The first-order valence-electron chi connectivity index (χ1n) is 8.96. The molecular weight excluding hydrogens is 332 g/mol. The minimum absolute atomic E-state index is 0.0681. The molecular formula is C20H26N2O4. The number of nitrogens with zero attached hydrogens (tertiary/aromatic N) is 2. The van der Waals surface area contributed by atoms with Gasteiger partial charge in [-0.05, 0) is 52.7 Å². The molecule has 1 aliphatic rings. The zero-order valence-electron chi connectivity index (χ0n) is 15.8. The number of aromatic nitrogens is 1. The Balaban J connectivity index is 2.05. The Kier molecular flexibility index (Phi) is 4.69. The minimum Gasteiger partial charge on any atom is -0.480 e. The van der Waals surface area contributed by atoms with Crippen molar-refractivity contribution < 1.29 is 19.4 Å². The van der Waals surface area contributed by atoms with Gasteiger partial charge < -0.3 is 19.3 Å². The van der Waals surface area contributed by atoms with E-state index in [1.54, 1.807) is 4.90 Å². The van der Waals surface area contributed by atoms with E-state index >= 15 is 0 Å². The van der Waals surface area contributed by atoms with E-state index in [1.807, 2.05) is 44.4 Å². The van der Waals surface area contributed by atoms with Crippen LogP contribution in [0.3, 0.4) is 0 Å². The van der Waals surface area contributed by atoms with Gasteiger partial charge in [-0.2, -0.15) is 0 Å². The number of aryl methyl sites for hydroxylation is 1. The number of carbonyl (C=O) groups is 2. The zero-order chi connectivity index (χ0) is 19.1. The molecule has 0 aliphatic carbocycles. The number of amides is 1. The van der Waals surface area contributed by atoms with Crippen LogP contribution in [0.2, 0.25) is 0 Å². The van der Waals surface area contributed by atoms with Crippen molar-refractivity contribution in [2.24, 2.45) is 0 Å². The molecule has 0 atom stereocenters. The summed E-state index contributed by atoms with van der Waals surface area (Å²) in [7, 11) is 0. The number of hydrogen-bond acceptors (Lipinski definition) is 3. The Morgan fingerprint density at radius 3 is 2.65 bits per heavy atom. The fourth-order valence-electron chi connectivity index (χ4n) is 3.56. The predicted octanol–water partition coefficient (Wildman–Crippen LogP) is 3.72. The summed E-state index contributed by atoms with van der Waals surface area (Å²) in [6.45, 7) is 8.56. The molecule has 3 rings (SSSR count). The van der Waals surface area contributed by atoms with Crippen molar-refractivity contribution in [3.8, 4) is 0 Å². The van der Waals surface area contributed by atoms with Crippen LogP contribution >= 0.6 is 0 Å². The Morgan fingerprint density at radius 1 is 1.27 bits per heavy atom. The molecule has 0 unspecified atom stereocenters. The zero-order valence-corrected chi connectivity index (χ0v) is 15.8. The minimum atomic E-state index is -0.862. The number of hydrogen-bond donors (Lipinski definition) is 1. The monoisotopic (exact) mass is 358 g/mol. The molecule has 26 heavy (non-hydrogen) atoms. The summed E-state index contributed by atoms with van der Waals surface area (Å²) >= 11 is 0. The predicted molar refractivity (Wildman–Crippen MR) is 99.3 cm³/mol. The maximum atomic E-state index is 12.6. The summed E-state index contributed by atoms with van der Waals surface area (Å²) in [5.74, 6) is -0.862. The quantitative estimate of drug-likeness (QED) is 0.888. The molecule has 0 bridgehead atoms. The second-order valence-electron chi connectivity index (χ2n) is 7.93. The van der Waals surface area contributed by atoms with Crippen molar-refractivity contribution in [3.63, 3.8) is 0 Å². The van der Waals surface area contributed by atoms with Crippen molar-refractivity contribution in [1.82, 2.24) is 9.47 Å². The van der Waals surface area contributed by atoms with E-state index in [2.05, 4.69) is 6.07 Å². The highest BCUT2D eigenvalue weighted by Gasteiger charge is 2.28. The van der Waals surface area contributed by atoms with Crippen molar-refractivity contribution in [3.05, 3.63) is 35.0 Å². The topological polar surface area (TPSA) is 71.8 Å². The summed E-state index contributed by atoms with van der Waals surface area (Å²) in [5, 5.41) is 10.4. The Labute approximate surface area is 153 Å². The molecule has 2 heterocycles. The number of fused-ring (bicyclic) bond motifs is 3. The third-order valence-corrected chi connectivity index (χ3v) is 4.58. The van der Waals surface area contributed by atoms with Crippen LogP contribution in [0.1, 0.15) is 44.0 Å². The third-order valence-electron chi connectivity index (χ3n) is 4.58. The van der Waals surface area contributed by atoms with E-state index in [9.17, 15) is 14.7 Å². The molecule has 1 aromatic heterocycles. The molecule has 2 aromatic rings. The van der Waals surface area contributed by atoms with E-state index in [1.165, 1.54) is 0 Å². The number of aliphatic carboxylic acids is 1. The molecule has 1 N–H and O–H groups in total. The first-order valence-corrected chi connectivity index (χ1v) is 8.96. The summed E-state index contributed by atoms with van der Waals surface area (Å²) in [4.78, 5) is 25.7. The maximum Gasteiger partial charge on any atom is 0.410 e. The lowest BCUT2D eigenvalue weighted by Crippen LogP contribution is -2.36. The molecule has 6 nitrogen and oxygen atoms in total. The largest absolute Gasteiger partial charge is 0.480 e. The molecule has 0 radical (unpaired) electrons. The van der Waals surface area contributed by atoms with Crippen molar-refractivity contribution in [2.45, 2.75) is 59.2 Å². The molecule has 0 spiro atoms. The Bertz CT molecular complexity index is 861. The van der Waals surface area contributed by atoms with Gasteiger partial charge in [-0.25, -0.2) is 4.79 Å². The molecule has 1 aliphatic heterocycles. The van der Waals surface area contributed by atoms with Gasteiger partial charge in [0.15, 0.2) is 0 Å². The molecule has 1 aromatic carbocycles. The fraction of sp³-hybridized carbons (Fsp3) is 0.500. The van der Waals surface area contributed by atoms with Crippen LogP contribution in [0.5, 0.6) is 0 Å². The fourth-order valence-corrected chi connectivity index (χ4v) is 3.56. The smallest absolute Gasteiger partial charge is 0.410 e. The van der Waals surface area contributed by atoms with Crippen molar-refractivity contribution >= 4 is 23.0 Å². The van der Waals surface area contributed by atoms with Gasteiger partial charge in [-0.3, -0.25) is 4.79 Å². The lowest BCUT2D eigenvalue weighted by atomic mass is 10.1. The van der Waals surface area contributed by atoms with E-state index in [-0.39, 0.29) is 12.6 Å². The van der Waals surface area contributed by atoms with E-state index in [0.717, 1.165) is 40.6 Å². The standard InChI is InChI=1S/C20H26N2O4/c1-13-7-8-17-14(10-13)15-11-21(19(25)26-20(2,3)4)9-5-6-16(15)22(17)12-18(23)24/h7-8,10H,5-6,9,11-12H2,1-4H3,(H,23,24). The Morgan fingerprint density at radius 2 is 2.00 bits per heavy atom.